The number of nitrogens with one attached hydrogen (secondary N) is 1. The van der Waals surface area contributed by atoms with Crippen LogP contribution in [0.5, 0.6) is 11.6 Å². The van der Waals surface area contributed by atoms with Crippen LogP contribution in [0.4, 0.5) is 13.2 Å². The number of halogens is 3. The fourth-order valence-electron chi connectivity index (χ4n) is 2.09. The van der Waals surface area contributed by atoms with E-state index in [0.717, 1.165) is 11.3 Å². The molecule has 1 N–H and O–H groups in total. The Morgan fingerprint density at radius 3 is 2.59 bits per heavy atom. The van der Waals surface area contributed by atoms with Gasteiger partial charge in [0.05, 0.1) is 6.61 Å². The van der Waals surface area contributed by atoms with Crippen molar-refractivity contribution >= 4 is 12.0 Å². The van der Waals surface area contributed by atoms with E-state index < -0.39 is 18.7 Å². The molecule has 0 atom stereocenters. The molecule has 0 saturated carbocycles. The summed E-state index contributed by atoms with van der Waals surface area (Å²) < 4.78 is 46.8. The van der Waals surface area contributed by atoms with Crippen LogP contribution in [0, 0.1) is 0 Å². The standard InChI is InChI=1S/C19H19F3N2O3/c1-2-26-16-8-5-14(6-9-16)7-10-17(25)24-12-15-4-3-11-23-18(15)27-13-19(20,21)22/h3-11H,2,12-13H2,1H3,(H,24,25)/b10-7+. The molecule has 2 aromatic rings. The Hall–Kier alpha value is -3.03. The first-order valence-corrected chi connectivity index (χ1v) is 8.19. The van der Waals surface area contributed by atoms with Gasteiger partial charge < -0.3 is 14.8 Å². The second kappa shape index (κ2) is 9.61. The minimum Gasteiger partial charge on any atom is -0.494 e. The van der Waals surface area contributed by atoms with Crippen molar-refractivity contribution in [3.05, 3.63) is 59.8 Å². The van der Waals surface area contributed by atoms with Gasteiger partial charge in [-0.25, -0.2) is 4.98 Å². The number of hydrogen-bond donors (Lipinski definition) is 1. The van der Waals surface area contributed by atoms with Crippen LogP contribution in [0.2, 0.25) is 0 Å². The normalized spacial score (nSPS) is 11.4. The molecule has 1 amide bonds. The Morgan fingerprint density at radius 2 is 1.93 bits per heavy atom. The molecule has 0 aliphatic heterocycles. The van der Waals surface area contributed by atoms with Gasteiger partial charge in [-0.3, -0.25) is 4.79 Å². The fraction of sp³-hybridized carbons (Fsp3) is 0.263. The average Bonchev–Trinajstić information content (AvgIpc) is 2.64. The molecule has 27 heavy (non-hydrogen) atoms. The number of pyridine rings is 1. The second-order valence-corrected chi connectivity index (χ2v) is 5.42. The number of aromatic nitrogens is 1. The van der Waals surface area contributed by atoms with Crippen molar-refractivity contribution in [2.75, 3.05) is 13.2 Å². The Morgan fingerprint density at radius 1 is 1.19 bits per heavy atom. The maximum Gasteiger partial charge on any atom is 0.422 e. The van der Waals surface area contributed by atoms with E-state index in [-0.39, 0.29) is 12.4 Å². The highest BCUT2D eigenvalue weighted by Gasteiger charge is 2.29. The highest BCUT2D eigenvalue weighted by atomic mass is 19.4. The van der Waals surface area contributed by atoms with Crippen molar-refractivity contribution in [3.8, 4) is 11.6 Å². The number of ether oxygens (including phenoxy) is 2. The molecule has 0 unspecified atom stereocenters. The third-order valence-corrected chi connectivity index (χ3v) is 3.29. The van der Waals surface area contributed by atoms with Gasteiger partial charge in [0.25, 0.3) is 0 Å². The molecule has 0 aliphatic rings. The number of benzene rings is 1. The SMILES string of the molecule is CCOc1ccc(/C=C/C(=O)NCc2cccnc2OCC(F)(F)F)cc1. The van der Waals surface area contributed by atoms with Gasteiger partial charge in [0, 0.05) is 24.4 Å². The summed E-state index contributed by atoms with van der Waals surface area (Å²) in [7, 11) is 0. The summed E-state index contributed by atoms with van der Waals surface area (Å²) in [5.41, 5.74) is 1.16. The van der Waals surface area contributed by atoms with Gasteiger partial charge in [-0.15, -0.1) is 0 Å². The van der Waals surface area contributed by atoms with Crippen LogP contribution in [0.1, 0.15) is 18.1 Å². The summed E-state index contributed by atoms with van der Waals surface area (Å²) in [5.74, 6) is 0.183. The molecular formula is C19H19F3N2O3. The van der Waals surface area contributed by atoms with E-state index in [9.17, 15) is 18.0 Å². The monoisotopic (exact) mass is 380 g/mol. The van der Waals surface area contributed by atoms with Crippen LogP contribution in [0.3, 0.4) is 0 Å². The fourth-order valence-corrected chi connectivity index (χ4v) is 2.09. The maximum atomic E-state index is 12.3. The molecule has 5 nitrogen and oxygen atoms in total. The summed E-state index contributed by atoms with van der Waals surface area (Å²) in [5, 5.41) is 2.59. The molecule has 8 heteroatoms. The lowest BCUT2D eigenvalue weighted by Crippen LogP contribution is -2.23. The van der Waals surface area contributed by atoms with Gasteiger partial charge >= 0.3 is 6.18 Å². The Kier molecular flexibility index (Phi) is 7.22. The first kappa shape index (κ1) is 20.3. The van der Waals surface area contributed by atoms with Crippen LogP contribution in [0.25, 0.3) is 6.08 Å². The lowest BCUT2D eigenvalue weighted by molar-refractivity contribution is -0.154. The molecule has 144 valence electrons. The van der Waals surface area contributed by atoms with Gasteiger partial charge in [-0.2, -0.15) is 13.2 Å². The van der Waals surface area contributed by atoms with E-state index in [1.54, 1.807) is 36.4 Å². The predicted octanol–water partition coefficient (Wildman–Crippen LogP) is 3.75. The summed E-state index contributed by atoms with van der Waals surface area (Å²) >= 11 is 0. The zero-order valence-corrected chi connectivity index (χ0v) is 14.6. The zero-order chi connectivity index (χ0) is 19.7. The number of carbonyl (C=O) groups excluding carboxylic acids is 1. The lowest BCUT2D eigenvalue weighted by Gasteiger charge is -2.12. The van der Waals surface area contributed by atoms with Crippen LogP contribution < -0.4 is 14.8 Å². The summed E-state index contributed by atoms with van der Waals surface area (Å²) in [6, 6.07) is 10.3. The van der Waals surface area contributed by atoms with E-state index in [0.29, 0.717) is 12.2 Å². The van der Waals surface area contributed by atoms with Gasteiger partial charge in [0.15, 0.2) is 6.61 Å². The molecule has 0 aliphatic carbocycles. The van der Waals surface area contributed by atoms with Crippen LogP contribution in [-0.4, -0.2) is 30.3 Å². The van der Waals surface area contributed by atoms with Crippen molar-refractivity contribution in [1.82, 2.24) is 10.3 Å². The number of nitrogens with zero attached hydrogens (tertiary/aromatic N) is 1. The average molecular weight is 380 g/mol. The third kappa shape index (κ3) is 7.39. The Labute approximate surface area is 154 Å². The van der Waals surface area contributed by atoms with Gasteiger partial charge in [0.2, 0.25) is 11.8 Å². The number of amides is 1. The highest BCUT2D eigenvalue weighted by Crippen LogP contribution is 2.20. The van der Waals surface area contributed by atoms with Crippen LogP contribution >= 0.6 is 0 Å². The molecule has 2 rings (SSSR count). The van der Waals surface area contributed by atoms with Crippen molar-refractivity contribution in [2.45, 2.75) is 19.6 Å². The molecule has 0 bridgehead atoms. The molecule has 0 spiro atoms. The molecule has 0 fully saturated rings. The largest absolute Gasteiger partial charge is 0.494 e. The van der Waals surface area contributed by atoms with Crippen molar-refractivity contribution in [2.24, 2.45) is 0 Å². The third-order valence-electron chi connectivity index (χ3n) is 3.29. The number of carbonyl (C=O) groups is 1. The van der Waals surface area contributed by atoms with Crippen LogP contribution in [-0.2, 0) is 11.3 Å². The van der Waals surface area contributed by atoms with E-state index in [1.165, 1.54) is 18.3 Å². The molecule has 1 aromatic heterocycles. The second-order valence-electron chi connectivity index (χ2n) is 5.42. The Balaban J connectivity index is 1.89. The smallest absolute Gasteiger partial charge is 0.422 e. The first-order chi connectivity index (χ1) is 12.9. The molecule has 0 radical (unpaired) electrons. The number of alkyl halides is 3. The highest BCUT2D eigenvalue weighted by molar-refractivity contribution is 5.91. The first-order valence-electron chi connectivity index (χ1n) is 8.19. The van der Waals surface area contributed by atoms with Crippen molar-refractivity contribution in [3.63, 3.8) is 0 Å². The van der Waals surface area contributed by atoms with Gasteiger partial charge in [0.1, 0.15) is 5.75 Å². The maximum absolute atomic E-state index is 12.3. The topological polar surface area (TPSA) is 60.5 Å². The predicted molar refractivity (Wildman–Crippen MR) is 94.3 cm³/mol. The van der Waals surface area contributed by atoms with E-state index in [2.05, 4.69) is 15.0 Å². The summed E-state index contributed by atoms with van der Waals surface area (Å²) in [6.45, 7) is 1.01. The van der Waals surface area contributed by atoms with E-state index in [1.807, 2.05) is 6.92 Å². The molecular weight excluding hydrogens is 361 g/mol. The van der Waals surface area contributed by atoms with Crippen molar-refractivity contribution < 1.29 is 27.4 Å². The van der Waals surface area contributed by atoms with Crippen molar-refractivity contribution in [1.29, 1.82) is 0 Å². The number of rotatable bonds is 8. The Bertz CT molecular complexity index is 775. The quantitative estimate of drug-likeness (QED) is 0.709. The molecule has 0 saturated heterocycles. The van der Waals surface area contributed by atoms with E-state index in [4.69, 9.17) is 4.74 Å². The molecule has 1 aromatic carbocycles. The van der Waals surface area contributed by atoms with E-state index >= 15 is 0 Å². The summed E-state index contributed by atoms with van der Waals surface area (Å²) in [6.07, 6.45) is -0.182. The molecule has 1 heterocycles. The van der Waals surface area contributed by atoms with Gasteiger partial charge in [-0.1, -0.05) is 18.2 Å². The zero-order valence-electron chi connectivity index (χ0n) is 14.6. The lowest BCUT2D eigenvalue weighted by atomic mass is 10.2. The minimum atomic E-state index is -4.46. The van der Waals surface area contributed by atoms with Crippen LogP contribution in [0.15, 0.2) is 48.7 Å². The number of hydrogen-bond acceptors (Lipinski definition) is 4. The van der Waals surface area contributed by atoms with Gasteiger partial charge in [-0.05, 0) is 36.8 Å². The minimum absolute atomic E-state index is 0.00647. The summed E-state index contributed by atoms with van der Waals surface area (Å²) in [4.78, 5) is 15.7.